The number of hydrogen-bond acceptors (Lipinski definition) is 7. The van der Waals surface area contributed by atoms with Crippen molar-refractivity contribution in [3.05, 3.63) is 116 Å². The van der Waals surface area contributed by atoms with Crippen molar-refractivity contribution in [1.29, 1.82) is 0 Å². The van der Waals surface area contributed by atoms with E-state index in [2.05, 4.69) is 15.6 Å². The molecular formula is C34H37ClN4O4S. The van der Waals surface area contributed by atoms with Crippen molar-refractivity contribution in [2.45, 2.75) is 57.5 Å². The molecule has 230 valence electrons. The van der Waals surface area contributed by atoms with Gasteiger partial charge in [-0.25, -0.2) is 4.98 Å². The van der Waals surface area contributed by atoms with Crippen molar-refractivity contribution in [2.75, 3.05) is 13.7 Å². The van der Waals surface area contributed by atoms with Crippen molar-refractivity contribution in [1.82, 2.24) is 20.5 Å². The van der Waals surface area contributed by atoms with Crippen molar-refractivity contribution >= 4 is 34.8 Å². The van der Waals surface area contributed by atoms with Gasteiger partial charge in [-0.15, -0.1) is 11.3 Å². The maximum atomic E-state index is 13.7. The van der Waals surface area contributed by atoms with Gasteiger partial charge in [-0.2, -0.15) is 0 Å². The number of nitrogens with zero attached hydrogens (tertiary/aromatic N) is 2. The first-order chi connectivity index (χ1) is 21.2. The number of aliphatic hydroxyl groups excluding tert-OH is 1. The lowest BCUT2D eigenvalue weighted by Gasteiger charge is -2.30. The summed E-state index contributed by atoms with van der Waals surface area (Å²) in [5.74, 6) is -0.184. The zero-order chi connectivity index (χ0) is 31.2. The number of carbonyl (C=O) groups is 2. The summed E-state index contributed by atoms with van der Waals surface area (Å²) in [5, 5.41) is 21.4. The Hall–Kier alpha value is -3.76. The van der Waals surface area contributed by atoms with Crippen LogP contribution in [-0.2, 0) is 6.54 Å². The third-order valence-corrected chi connectivity index (χ3v) is 9.17. The third kappa shape index (κ3) is 7.47. The van der Waals surface area contributed by atoms with Gasteiger partial charge in [0.2, 0.25) is 0 Å². The lowest BCUT2D eigenvalue weighted by molar-refractivity contribution is 0.0732. The zero-order valence-corrected chi connectivity index (χ0v) is 26.6. The summed E-state index contributed by atoms with van der Waals surface area (Å²) in [6, 6.07) is 20.8. The van der Waals surface area contributed by atoms with E-state index in [-0.39, 0.29) is 17.5 Å². The van der Waals surface area contributed by atoms with E-state index in [9.17, 15) is 14.7 Å². The summed E-state index contributed by atoms with van der Waals surface area (Å²) in [7, 11) is 1.50. The third-order valence-electron chi connectivity index (χ3n) is 7.87. The van der Waals surface area contributed by atoms with Crippen molar-refractivity contribution in [2.24, 2.45) is 0 Å². The standard InChI is InChI=1S/C34H37ClN4O4S/c1-21-20-44-33(37-21)29-13-8-14-39(29)34(42)26-16-25(17-28(18-26)43-3)32(41)38-22(2)31(40)30(24-10-5-4-6-11-24)36-19-23-9-7-12-27(35)15-23/h4-7,9-12,15-18,20,22,29-31,36,40H,8,13-14,19H2,1-3H3,(H,38,41). The number of aromatic nitrogens is 1. The molecule has 0 bridgehead atoms. The van der Waals surface area contributed by atoms with E-state index in [1.807, 2.05) is 71.8 Å². The quantitative estimate of drug-likeness (QED) is 0.185. The first kappa shape index (κ1) is 31.7. The van der Waals surface area contributed by atoms with Crippen LogP contribution >= 0.6 is 22.9 Å². The fourth-order valence-electron chi connectivity index (χ4n) is 5.56. The second kappa shape index (κ2) is 14.3. The molecule has 1 saturated heterocycles. The molecule has 0 spiro atoms. The van der Waals surface area contributed by atoms with Crippen LogP contribution in [0.2, 0.25) is 5.02 Å². The predicted octanol–water partition coefficient (Wildman–Crippen LogP) is 6.10. The van der Waals surface area contributed by atoms with Gasteiger partial charge in [-0.05, 0) is 68.1 Å². The Morgan fingerprint density at radius 2 is 1.89 bits per heavy atom. The Balaban J connectivity index is 1.32. The van der Waals surface area contributed by atoms with Gasteiger partial charge in [0.1, 0.15) is 10.8 Å². The van der Waals surface area contributed by atoms with Crippen LogP contribution in [0.1, 0.15) is 74.4 Å². The molecule has 3 N–H and O–H groups in total. The number of ether oxygens (including phenoxy) is 1. The minimum absolute atomic E-state index is 0.0887. The van der Waals surface area contributed by atoms with E-state index < -0.39 is 24.1 Å². The molecule has 1 aromatic heterocycles. The Labute approximate surface area is 267 Å². The number of halogens is 1. The van der Waals surface area contributed by atoms with Gasteiger partial charge >= 0.3 is 0 Å². The minimum atomic E-state index is -0.973. The number of hydrogen-bond donors (Lipinski definition) is 3. The summed E-state index contributed by atoms with van der Waals surface area (Å²) in [6.07, 6.45) is 0.758. The molecular weight excluding hydrogens is 596 g/mol. The smallest absolute Gasteiger partial charge is 0.254 e. The maximum Gasteiger partial charge on any atom is 0.254 e. The molecule has 0 radical (unpaired) electrons. The van der Waals surface area contributed by atoms with Crippen LogP contribution < -0.4 is 15.4 Å². The molecule has 0 aliphatic carbocycles. The second-order valence-corrected chi connectivity index (χ2v) is 12.4. The first-order valence-electron chi connectivity index (χ1n) is 14.7. The van der Waals surface area contributed by atoms with Gasteiger partial charge in [-0.3, -0.25) is 9.59 Å². The molecule has 2 heterocycles. The van der Waals surface area contributed by atoms with Crippen LogP contribution in [-0.4, -0.2) is 52.6 Å². The number of aryl methyl sites for hydroxylation is 1. The first-order valence-corrected chi connectivity index (χ1v) is 15.9. The lowest BCUT2D eigenvalue weighted by Crippen LogP contribution is -2.47. The van der Waals surface area contributed by atoms with E-state index >= 15 is 0 Å². The fourth-order valence-corrected chi connectivity index (χ4v) is 6.72. The molecule has 10 heteroatoms. The SMILES string of the molecule is COc1cc(C(=O)NC(C)C(O)C(NCc2cccc(Cl)c2)c2ccccc2)cc(C(=O)N2CCCC2c2nc(C)cs2)c1. The van der Waals surface area contributed by atoms with Gasteiger partial charge in [0.25, 0.3) is 11.8 Å². The summed E-state index contributed by atoms with van der Waals surface area (Å²) >= 11 is 7.73. The molecule has 5 rings (SSSR count). The highest BCUT2D eigenvalue weighted by Crippen LogP contribution is 2.35. The predicted molar refractivity (Wildman–Crippen MR) is 173 cm³/mol. The Morgan fingerprint density at radius 3 is 2.59 bits per heavy atom. The molecule has 4 unspecified atom stereocenters. The molecule has 8 nitrogen and oxygen atoms in total. The van der Waals surface area contributed by atoms with Gasteiger partial charge in [0, 0.05) is 40.3 Å². The van der Waals surface area contributed by atoms with Crippen LogP contribution in [0.5, 0.6) is 5.75 Å². The van der Waals surface area contributed by atoms with E-state index in [1.165, 1.54) is 7.11 Å². The number of thiazole rings is 1. The van der Waals surface area contributed by atoms with Gasteiger partial charge in [0.05, 0.1) is 31.3 Å². The number of aliphatic hydroxyl groups is 1. The van der Waals surface area contributed by atoms with Gasteiger partial charge in [0.15, 0.2) is 0 Å². The van der Waals surface area contributed by atoms with E-state index in [0.717, 1.165) is 34.7 Å². The maximum absolute atomic E-state index is 13.7. The summed E-state index contributed by atoms with van der Waals surface area (Å²) in [4.78, 5) is 33.7. The van der Waals surface area contributed by atoms with Crippen molar-refractivity contribution in [3.63, 3.8) is 0 Å². The fraction of sp³-hybridized carbons (Fsp3) is 0.324. The summed E-state index contributed by atoms with van der Waals surface area (Å²) < 4.78 is 5.47. The Morgan fingerprint density at radius 1 is 1.11 bits per heavy atom. The molecule has 1 aliphatic heterocycles. The molecule has 4 atom stereocenters. The van der Waals surface area contributed by atoms with Crippen LogP contribution in [0, 0.1) is 6.92 Å². The second-order valence-electron chi connectivity index (χ2n) is 11.1. The van der Waals surface area contributed by atoms with Gasteiger partial charge in [-0.1, -0.05) is 54.1 Å². The van der Waals surface area contributed by atoms with Crippen molar-refractivity contribution in [3.8, 4) is 5.75 Å². The number of nitrogens with one attached hydrogen (secondary N) is 2. The largest absolute Gasteiger partial charge is 0.497 e. The Bertz CT molecular complexity index is 1600. The summed E-state index contributed by atoms with van der Waals surface area (Å²) in [5.41, 5.74) is 3.44. The zero-order valence-electron chi connectivity index (χ0n) is 25.0. The highest BCUT2D eigenvalue weighted by Gasteiger charge is 2.33. The van der Waals surface area contributed by atoms with E-state index in [1.54, 1.807) is 36.5 Å². The molecule has 1 fully saturated rings. The average Bonchev–Trinajstić information content (AvgIpc) is 3.70. The topological polar surface area (TPSA) is 104 Å². The molecule has 4 aromatic rings. The molecule has 3 aromatic carbocycles. The monoisotopic (exact) mass is 632 g/mol. The van der Waals surface area contributed by atoms with Crippen molar-refractivity contribution < 1.29 is 19.4 Å². The molecule has 2 amide bonds. The number of carbonyl (C=O) groups excluding carboxylic acids is 2. The Kier molecular flexibility index (Phi) is 10.3. The number of rotatable bonds is 11. The minimum Gasteiger partial charge on any atom is -0.497 e. The van der Waals surface area contributed by atoms with E-state index in [4.69, 9.17) is 16.3 Å². The number of benzene rings is 3. The lowest BCUT2D eigenvalue weighted by atomic mass is 9.96. The van der Waals surface area contributed by atoms with Crippen LogP contribution in [0.4, 0.5) is 0 Å². The summed E-state index contributed by atoms with van der Waals surface area (Å²) in [6.45, 7) is 4.80. The number of likely N-dealkylation sites (tertiary alicyclic amines) is 1. The van der Waals surface area contributed by atoms with Crippen LogP contribution in [0.15, 0.2) is 78.2 Å². The van der Waals surface area contributed by atoms with Crippen LogP contribution in [0.3, 0.4) is 0 Å². The normalized spacial score (nSPS) is 16.8. The van der Waals surface area contributed by atoms with Gasteiger partial charge < -0.3 is 25.4 Å². The molecule has 0 saturated carbocycles. The average molecular weight is 633 g/mol. The molecule has 1 aliphatic rings. The number of methoxy groups -OCH3 is 1. The highest BCUT2D eigenvalue weighted by atomic mass is 35.5. The van der Waals surface area contributed by atoms with Crippen LogP contribution in [0.25, 0.3) is 0 Å². The molecule has 44 heavy (non-hydrogen) atoms. The van der Waals surface area contributed by atoms with E-state index in [0.29, 0.717) is 29.4 Å². The highest BCUT2D eigenvalue weighted by molar-refractivity contribution is 7.09. The number of amides is 2.